The minimum atomic E-state index is -2.77. The summed E-state index contributed by atoms with van der Waals surface area (Å²) < 4.78 is 22.9. The summed E-state index contributed by atoms with van der Waals surface area (Å²) in [6, 6.07) is 0.0810. The van der Waals surface area contributed by atoms with Gasteiger partial charge >= 0.3 is 0 Å². The summed E-state index contributed by atoms with van der Waals surface area (Å²) >= 11 is 6.38. The molecule has 2 atom stereocenters. The van der Waals surface area contributed by atoms with Crippen LogP contribution in [0, 0.1) is 0 Å². The van der Waals surface area contributed by atoms with E-state index >= 15 is 0 Å². The fraction of sp³-hybridized carbons (Fsp3) is 0.800. The van der Waals surface area contributed by atoms with E-state index < -0.39 is 9.84 Å². The van der Waals surface area contributed by atoms with E-state index in [0.717, 1.165) is 4.32 Å². The first-order chi connectivity index (χ1) is 5.07. The summed E-state index contributed by atoms with van der Waals surface area (Å²) in [4.78, 5) is 0. The van der Waals surface area contributed by atoms with E-state index in [1.165, 1.54) is 11.8 Å². The third kappa shape index (κ3) is 1.39. The van der Waals surface area contributed by atoms with Crippen molar-refractivity contribution >= 4 is 38.1 Å². The van der Waals surface area contributed by atoms with Gasteiger partial charge in [-0.25, -0.2) is 8.42 Å². The highest BCUT2D eigenvalue weighted by Gasteiger charge is 2.43. The maximum Gasteiger partial charge on any atom is 0.153 e. The van der Waals surface area contributed by atoms with Gasteiger partial charge in [-0.1, -0.05) is 24.0 Å². The molecule has 3 nitrogen and oxygen atoms in total. The normalized spacial score (nSPS) is 40.2. The van der Waals surface area contributed by atoms with Crippen molar-refractivity contribution in [2.24, 2.45) is 0 Å². The predicted molar refractivity (Wildman–Crippen MR) is 49.6 cm³/mol. The van der Waals surface area contributed by atoms with E-state index in [9.17, 15) is 8.42 Å². The molecular formula is C5H7NO2S3. The highest BCUT2D eigenvalue weighted by atomic mass is 32.2. The van der Waals surface area contributed by atoms with Crippen LogP contribution in [0.1, 0.15) is 0 Å². The van der Waals surface area contributed by atoms with Gasteiger partial charge in [0.25, 0.3) is 0 Å². The molecule has 6 heteroatoms. The largest absolute Gasteiger partial charge is 0.366 e. The van der Waals surface area contributed by atoms with E-state index in [2.05, 4.69) is 5.32 Å². The molecule has 0 spiro atoms. The second kappa shape index (κ2) is 2.34. The second-order valence-electron chi connectivity index (χ2n) is 2.77. The third-order valence-electron chi connectivity index (χ3n) is 1.86. The molecule has 62 valence electrons. The quantitative estimate of drug-likeness (QED) is 0.559. The summed E-state index contributed by atoms with van der Waals surface area (Å²) in [6.07, 6.45) is 0. The lowest BCUT2D eigenvalue weighted by molar-refractivity contribution is 0.600. The molecule has 2 aliphatic heterocycles. The molecule has 0 amide bonds. The van der Waals surface area contributed by atoms with Gasteiger partial charge < -0.3 is 5.32 Å². The van der Waals surface area contributed by atoms with Crippen LogP contribution in [-0.4, -0.2) is 35.5 Å². The molecule has 11 heavy (non-hydrogen) atoms. The molecule has 1 N–H and O–H groups in total. The van der Waals surface area contributed by atoms with Crippen molar-refractivity contribution in [1.29, 1.82) is 0 Å². The third-order valence-corrected chi connectivity index (χ3v) is 5.34. The minimum absolute atomic E-state index is 0.0810. The number of sulfone groups is 1. The van der Waals surface area contributed by atoms with Crippen LogP contribution >= 0.6 is 24.0 Å². The lowest BCUT2D eigenvalue weighted by atomic mass is 10.3. The molecule has 0 unspecified atom stereocenters. The summed E-state index contributed by atoms with van der Waals surface area (Å²) in [5.41, 5.74) is 0. The van der Waals surface area contributed by atoms with E-state index in [1.54, 1.807) is 0 Å². The van der Waals surface area contributed by atoms with Gasteiger partial charge in [0, 0.05) is 5.25 Å². The van der Waals surface area contributed by atoms with Crippen LogP contribution in [0.2, 0.25) is 0 Å². The van der Waals surface area contributed by atoms with Gasteiger partial charge in [0.05, 0.1) is 17.5 Å². The maximum atomic E-state index is 11.1. The number of hydrogen-bond acceptors (Lipinski definition) is 4. The number of rotatable bonds is 0. The second-order valence-corrected chi connectivity index (χ2v) is 6.84. The van der Waals surface area contributed by atoms with Crippen molar-refractivity contribution in [2.45, 2.75) is 11.3 Å². The molecule has 0 aromatic rings. The zero-order chi connectivity index (χ0) is 8.06. The summed E-state index contributed by atoms with van der Waals surface area (Å²) in [6.45, 7) is 0. The molecule has 0 aliphatic carbocycles. The lowest BCUT2D eigenvalue weighted by Gasteiger charge is -2.02. The number of thiocarbonyl (C=S) groups is 1. The van der Waals surface area contributed by atoms with Crippen molar-refractivity contribution in [3.63, 3.8) is 0 Å². The monoisotopic (exact) mass is 209 g/mol. The molecule has 2 aliphatic rings. The van der Waals surface area contributed by atoms with Gasteiger partial charge in [-0.05, 0) is 0 Å². The average Bonchev–Trinajstić information content (AvgIpc) is 2.17. The molecule has 0 radical (unpaired) electrons. The van der Waals surface area contributed by atoms with Crippen LogP contribution in [0.15, 0.2) is 0 Å². The Labute approximate surface area is 74.8 Å². The van der Waals surface area contributed by atoms with Crippen LogP contribution in [0.25, 0.3) is 0 Å². The molecule has 2 rings (SSSR count). The Hall–Kier alpha value is 0.190. The SMILES string of the molecule is O=S1(=O)C[C@@H]2NC(=S)S[C@H]2C1. The van der Waals surface area contributed by atoms with Crippen molar-refractivity contribution in [3.8, 4) is 0 Å². The predicted octanol–water partition coefficient (Wildman–Crippen LogP) is -0.227. The standard InChI is InChI=1S/C5H7NO2S3/c7-11(8)1-3-4(2-11)10-5(9)6-3/h3-4H,1-2H2,(H,6,9)/t3-,4-/m0/s1. The molecular weight excluding hydrogens is 202 g/mol. The Bertz CT molecular complexity index is 275. The maximum absolute atomic E-state index is 11.1. The number of hydrogen-bond donors (Lipinski definition) is 1. The lowest BCUT2D eigenvalue weighted by Crippen LogP contribution is -2.30. The van der Waals surface area contributed by atoms with Crippen molar-refractivity contribution in [3.05, 3.63) is 0 Å². The molecule has 0 bridgehead atoms. The zero-order valence-electron chi connectivity index (χ0n) is 5.61. The number of nitrogens with one attached hydrogen (secondary N) is 1. The van der Waals surface area contributed by atoms with E-state index in [0.29, 0.717) is 0 Å². The number of fused-ring (bicyclic) bond motifs is 1. The van der Waals surface area contributed by atoms with Crippen molar-refractivity contribution in [2.75, 3.05) is 11.5 Å². The first-order valence-electron chi connectivity index (χ1n) is 3.24. The first-order valence-corrected chi connectivity index (χ1v) is 6.35. The molecule has 0 aromatic heterocycles. The molecule has 0 saturated carbocycles. The van der Waals surface area contributed by atoms with Gasteiger partial charge in [-0.3, -0.25) is 0 Å². The van der Waals surface area contributed by atoms with Crippen molar-refractivity contribution < 1.29 is 8.42 Å². The molecule has 0 aromatic carbocycles. The fourth-order valence-electron chi connectivity index (χ4n) is 1.39. The van der Waals surface area contributed by atoms with Crippen LogP contribution < -0.4 is 5.32 Å². The van der Waals surface area contributed by atoms with Crippen LogP contribution in [0.5, 0.6) is 0 Å². The Morgan fingerprint density at radius 3 is 2.91 bits per heavy atom. The Kier molecular flexibility index (Phi) is 1.66. The average molecular weight is 209 g/mol. The first kappa shape index (κ1) is 7.82. The Morgan fingerprint density at radius 2 is 2.27 bits per heavy atom. The molecule has 2 saturated heterocycles. The van der Waals surface area contributed by atoms with Gasteiger partial charge in [-0.2, -0.15) is 0 Å². The molecule has 2 heterocycles. The van der Waals surface area contributed by atoms with Gasteiger partial charge in [0.1, 0.15) is 4.32 Å². The molecule has 2 fully saturated rings. The van der Waals surface area contributed by atoms with E-state index in [-0.39, 0.29) is 22.8 Å². The van der Waals surface area contributed by atoms with Gasteiger partial charge in [0.2, 0.25) is 0 Å². The Morgan fingerprint density at radius 1 is 1.55 bits per heavy atom. The van der Waals surface area contributed by atoms with Crippen LogP contribution in [0.3, 0.4) is 0 Å². The van der Waals surface area contributed by atoms with Gasteiger partial charge in [-0.15, -0.1) is 0 Å². The van der Waals surface area contributed by atoms with Crippen molar-refractivity contribution in [1.82, 2.24) is 5.32 Å². The Balaban J connectivity index is 2.22. The van der Waals surface area contributed by atoms with E-state index in [1.807, 2.05) is 0 Å². The van der Waals surface area contributed by atoms with Crippen LogP contribution in [-0.2, 0) is 9.84 Å². The van der Waals surface area contributed by atoms with Crippen LogP contribution in [0.4, 0.5) is 0 Å². The fourth-order valence-corrected chi connectivity index (χ4v) is 5.48. The summed E-state index contributed by atoms with van der Waals surface area (Å²) in [5, 5.41) is 3.16. The number of thioether (sulfide) groups is 1. The smallest absolute Gasteiger partial charge is 0.153 e. The highest BCUT2D eigenvalue weighted by molar-refractivity contribution is 8.24. The highest BCUT2D eigenvalue weighted by Crippen LogP contribution is 2.30. The zero-order valence-corrected chi connectivity index (χ0v) is 8.06. The minimum Gasteiger partial charge on any atom is -0.366 e. The summed E-state index contributed by atoms with van der Waals surface area (Å²) in [5.74, 6) is 0.542. The van der Waals surface area contributed by atoms with Gasteiger partial charge in [0.15, 0.2) is 9.84 Å². The topological polar surface area (TPSA) is 46.2 Å². The summed E-state index contributed by atoms with van der Waals surface area (Å²) in [7, 11) is -2.77. The van der Waals surface area contributed by atoms with E-state index in [4.69, 9.17) is 12.2 Å².